The Bertz CT molecular complexity index is 1060. The first-order valence-electron chi connectivity index (χ1n) is 12.4. The highest BCUT2D eigenvalue weighted by Gasteiger charge is 2.53. The molecule has 0 spiro atoms. The van der Waals surface area contributed by atoms with Gasteiger partial charge in [0.1, 0.15) is 6.04 Å². The lowest BCUT2D eigenvalue weighted by molar-refractivity contribution is -0.142. The third-order valence-electron chi connectivity index (χ3n) is 8.11. The maximum atomic E-state index is 13.4. The van der Waals surface area contributed by atoms with Crippen molar-refractivity contribution in [1.29, 1.82) is 5.26 Å². The summed E-state index contributed by atoms with van der Waals surface area (Å²) < 4.78 is 0. The highest BCUT2D eigenvalue weighted by Crippen LogP contribution is 2.44. The summed E-state index contributed by atoms with van der Waals surface area (Å²) in [6, 6.07) is 7.91. The van der Waals surface area contributed by atoms with Crippen molar-refractivity contribution >= 4 is 17.7 Å². The summed E-state index contributed by atoms with van der Waals surface area (Å²) in [6.45, 7) is 3.93. The molecular formula is C26H33N5O3. The molecule has 3 amide bonds. The average molecular weight is 464 g/mol. The van der Waals surface area contributed by atoms with Gasteiger partial charge >= 0.3 is 0 Å². The number of likely N-dealkylation sites (tertiary alicyclic amines) is 3. The molecule has 3 heterocycles. The fourth-order valence-corrected chi connectivity index (χ4v) is 6.45. The number of hydrogen-bond donors (Lipinski definition) is 0. The number of carbonyl (C=O) groups excluding carboxylic acids is 3. The van der Waals surface area contributed by atoms with Crippen LogP contribution in [0, 0.1) is 17.2 Å². The quantitative estimate of drug-likeness (QED) is 0.665. The number of hydrogen-bond acceptors (Lipinski definition) is 5. The molecule has 0 radical (unpaired) electrons. The van der Waals surface area contributed by atoms with Gasteiger partial charge in [-0.05, 0) is 55.4 Å². The minimum absolute atomic E-state index is 0.00288. The van der Waals surface area contributed by atoms with Crippen LogP contribution in [0.25, 0.3) is 0 Å². The highest BCUT2D eigenvalue weighted by atomic mass is 16.2. The van der Waals surface area contributed by atoms with E-state index in [1.165, 1.54) is 11.1 Å². The van der Waals surface area contributed by atoms with Gasteiger partial charge in [-0.1, -0.05) is 13.0 Å². The largest absolute Gasteiger partial charge is 0.345 e. The van der Waals surface area contributed by atoms with Gasteiger partial charge in [-0.25, -0.2) is 0 Å². The Morgan fingerprint density at radius 1 is 1.24 bits per heavy atom. The first-order chi connectivity index (χ1) is 16.3. The highest BCUT2D eigenvalue weighted by molar-refractivity contribution is 5.94. The summed E-state index contributed by atoms with van der Waals surface area (Å²) >= 11 is 0. The van der Waals surface area contributed by atoms with Gasteiger partial charge < -0.3 is 14.7 Å². The van der Waals surface area contributed by atoms with Gasteiger partial charge in [-0.3, -0.25) is 19.3 Å². The molecule has 0 saturated carbocycles. The predicted molar refractivity (Wildman–Crippen MR) is 126 cm³/mol. The Morgan fingerprint density at radius 3 is 2.74 bits per heavy atom. The lowest BCUT2D eigenvalue weighted by Crippen LogP contribution is -2.53. The molecule has 4 aliphatic rings. The van der Waals surface area contributed by atoms with Crippen molar-refractivity contribution in [3.8, 4) is 6.07 Å². The van der Waals surface area contributed by atoms with E-state index in [2.05, 4.69) is 15.9 Å². The molecule has 1 aromatic rings. The van der Waals surface area contributed by atoms with E-state index in [-0.39, 0.29) is 47.8 Å². The summed E-state index contributed by atoms with van der Waals surface area (Å²) in [5.41, 5.74) is 3.03. The Hall–Kier alpha value is -2.92. The molecule has 8 heteroatoms. The molecule has 0 N–H and O–H groups in total. The number of carbonyl (C=O) groups is 3. The lowest BCUT2D eigenvalue weighted by atomic mass is 10.0. The minimum Gasteiger partial charge on any atom is -0.345 e. The first kappa shape index (κ1) is 22.9. The van der Waals surface area contributed by atoms with Crippen LogP contribution in [-0.4, -0.2) is 89.2 Å². The normalized spacial score (nSPS) is 28.8. The van der Waals surface area contributed by atoms with Crippen LogP contribution < -0.4 is 0 Å². The van der Waals surface area contributed by atoms with E-state index in [9.17, 15) is 19.6 Å². The first-order valence-corrected chi connectivity index (χ1v) is 12.4. The Labute approximate surface area is 201 Å². The fraction of sp³-hybridized carbons (Fsp3) is 0.615. The van der Waals surface area contributed by atoms with Crippen LogP contribution in [0.2, 0.25) is 0 Å². The van der Waals surface area contributed by atoms with Gasteiger partial charge in [0.15, 0.2) is 0 Å². The molecular weight excluding hydrogens is 430 g/mol. The summed E-state index contributed by atoms with van der Waals surface area (Å²) in [4.78, 5) is 46.3. The summed E-state index contributed by atoms with van der Waals surface area (Å²) in [5, 5.41) is 9.32. The van der Waals surface area contributed by atoms with Crippen molar-refractivity contribution in [2.75, 3.05) is 33.7 Å². The van der Waals surface area contributed by atoms with E-state index in [0.717, 1.165) is 38.6 Å². The molecule has 8 nitrogen and oxygen atoms in total. The van der Waals surface area contributed by atoms with Crippen LogP contribution in [0.4, 0.5) is 0 Å². The number of piperazine rings is 1. The predicted octanol–water partition coefficient (Wildman–Crippen LogP) is 1.81. The van der Waals surface area contributed by atoms with Crippen LogP contribution in [0.3, 0.4) is 0 Å². The zero-order valence-electron chi connectivity index (χ0n) is 20.2. The molecule has 3 saturated heterocycles. The van der Waals surface area contributed by atoms with E-state index >= 15 is 0 Å². The van der Waals surface area contributed by atoms with Crippen molar-refractivity contribution in [1.82, 2.24) is 19.6 Å². The number of amides is 3. The van der Waals surface area contributed by atoms with Gasteiger partial charge in [0.2, 0.25) is 11.8 Å². The van der Waals surface area contributed by atoms with Crippen molar-refractivity contribution in [3.05, 3.63) is 34.9 Å². The number of benzene rings is 1. The van der Waals surface area contributed by atoms with Gasteiger partial charge in [-0.15, -0.1) is 0 Å². The van der Waals surface area contributed by atoms with E-state index in [0.29, 0.717) is 18.7 Å². The van der Waals surface area contributed by atoms with E-state index in [1.807, 2.05) is 25.1 Å². The molecule has 1 aromatic carbocycles. The van der Waals surface area contributed by atoms with Gasteiger partial charge in [0.05, 0.1) is 18.2 Å². The monoisotopic (exact) mass is 463 g/mol. The van der Waals surface area contributed by atoms with Crippen molar-refractivity contribution in [2.45, 2.75) is 63.2 Å². The molecule has 180 valence electrons. The van der Waals surface area contributed by atoms with Crippen molar-refractivity contribution in [3.63, 3.8) is 0 Å². The standard InChI is InChI=1S/C26H33N5O3/c1-16(24(32)30-10-4-5-19(30)13-27)14-29-15-20-12-23(29)26(34)31(20)22-9-7-17-11-18(6-8-21(17)22)25(33)28(2)3/h6,8,11,16,19-20,22-23H,4-5,7,9-10,12,14-15H2,1-3H3/t16-,19-,20+,22-,23+/m0/s1. The van der Waals surface area contributed by atoms with Gasteiger partial charge in [0.25, 0.3) is 5.91 Å². The van der Waals surface area contributed by atoms with E-state index < -0.39 is 0 Å². The molecule has 1 aliphatic carbocycles. The zero-order chi connectivity index (χ0) is 24.1. The molecule has 5 atom stereocenters. The molecule has 3 aliphatic heterocycles. The fourth-order valence-electron chi connectivity index (χ4n) is 6.45. The third kappa shape index (κ3) is 3.67. The topological polar surface area (TPSA) is 88.0 Å². The second-order valence-electron chi connectivity index (χ2n) is 10.5. The molecule has 0 unspecified atom stereocenters. The van der Waals surface area contributed by atoms with Crippen LogP contribution in [0.5, 0.6) is 0 Å². The van der Waals surface area contributed by atoms with Crippen LogP contribution in [0.15, 0.2) is 18.2 Å². The van der Waals surface area contributed by atoms with E-state index in [4.69, 9.17) is 0 Å². The van der Waals surface area contributed by atoms with Crippen LogP contribution >= 0.6 is 0 Å². The molecule has 0 aromatic heterocycles. The molecule has 34 heavy (non-hydrogen) atoms. The Morgan fingerprint density at radius 2 is 2.03 bits per heavy atom. The van der Waals surface area contributed by atoms with Gasteiger partial charge in [0, 0.05) is 51.3 Å². The zero-order valence-corrected chi connectivity index (χ0v) is 20.2. The summed E-state index contributed by atoms with van der Waals surface area (Å²) in [6.07, 6.45) is 4.22. The maximum Gasteiger partial charge on any atom is 0.253 e. The number of nitrogens with zero attached hydrogens (tertiary/aromatic N) is 5. The lowest BCUT2D eigenvalue weighted by Gasteiger charge is -2.38. The smallest absolute Gasteiger partial charge is 0.253 e. The maximum absolute atomic E-state index is 13.4. The number of aryl methyl sites for hydroxylation is 1. The number of fused-ring (bicyclic) bond motifs is 3. The molecule has 3 fully saturated rings. The van der Waals surface area contributed by atoms with Gasteiger partial charge in [-0.2, -0.15) is 5.26 Å². The van der Waals surface area contributed by atoms with E-state index in [1.54, 1.807) is 23.9 Å². The second kappa shape index (κ2) is 8.70. The average Bonchev–Trinajstić information content (AvgIpc) is 3.60. The SMILES string of the molecule is C[C@@H](CN1C[C@H]2C[C@@H]1C(=O)N2[C@H]1CCc2cc(C(=O)N(C)C)ccc21)C(=O)N1CCC[C@H]1C#N. The number of nitriles is 1. The second-order valence-corrected chi connectivity index (χ2v) is 10.5. The van der Waals surface area contributed by atoms with Crippen LogP contribution in [-0.2, 0) is 16.0 Å². The molecule has 2 bridgehead atoms. The number of rotatable bonds is 5. The Balaban J connectivity index is 1.25. The Kier molecular flexibility index (Phi) is 5.85. The van der Waals surface area contributed by atoms with Crippen molar-refractivity contribution in [2.24, 2.45) is 5.92 Å². The molecule has 5 rings (SSSR count). The minimum atomic E-state index is -0.307. The third-order valence-corrected chi connectivity index (χ3v) is 8.11. The summed E-state index contributed by atoms with van der Waals surface area (Å²) in [5.74, 6) is -0.0338. The summed E-state index contributed by atoms with van der Waals surface area (Å²) in [7, 11) is 3.51. The van der Waals surface area contributed by atoms with Crippen molar-refractivity contribution < 1.29 is 14.4 Å². The van der Waals surface area contributed by atoms with Crippen LogP contribution in [0.1, 0.15) is 60.1 Å².